The number of pyridine rings is 1. The molecular formula is C23H30N4O3. The highest BCUT2D eigenvalue weighted by Crippen LogP contribution is 2.25. The highest BCUT2D eigenvalue weighted by Gasteiger charge is 2.28. The van der Waals surface area contributed by atoms with Crippen LogP contribution in [0.3, 0.4) is 0 Å². The second-order valence-corrected chi connectivity index (χ2v) is 8.16. The molecule has 4 N–H and O–H groups in total. The molecular weight excluding hydrogens is 380 g/mol. The predicted octanol–water partition coefficient (Wildman–Crippen LogP) is 2.99. The van der Waals surface area contributed by atoms with Crippen molar-refractivity contribution in [2.75, 3.05) is 6.61 Å². The summed E-state index contributed by atoms with van der Waals surface area (Å²) < 4.78 is 0. The van der Waals surface area contributed by atoms with Crippen LogP contribution in [-0.2, 0) is 4.79 Å². The number of benzene rings is 1. The number of aromatic amines is 1. The van der Waals surface area contributed by atoms with Crippen LogP contribution in [0.15, 0.2) is 36.5 Å². The zero-order valence-electron chi connectivity index (χ0n) is 17.9. The zero-order valence-corrected chi connectivity index (χ0v) is 17.9. The molecule has 2 heterocycles. The van der Waals surface area contributed by atoms with E-state index in [4.69, 9.17) is 0 Å². The number of hydrogen-bond donors (Lipinski definition) is 4. The Bertz CT molecular complexity index is 1040. The summed E-state index contributed by atoms with van der Waals surface area (Å²) in [6.45, 7) is 7.59. The smallest absolute Gasteiger partial charge is 0.270 e. The van der Waals surface area contributed by atoms with Crippen LogP contribution in [0.25, 0.3) is 21.8 Å². The number of aromatic nitrogens is 2. The van der Waals surface area contributed by atoms with E-state index in [1.54, 1.807) is 12.3 Å². The number of nitrogens with zero attached hydrogens (tertiary/aromatic N) is 1. The number of aliphatic hydroxyl groups excluding tert-OH is 1. The molecule has 3 aromatic rings. The lowest BCUT2D eigenvalue weighted by atomic mass is 9.97. The van der Waals surface area contributed by atoms with Crippen molar-refractivity contribution in [1.82, 2.24) is 20.6 Å². The lowest BCUT2D eigenvalue weighted by molar-refractivity contribution is -0.125. The van der Waals surface area contributed by atoms with Gasteiger partial charge in [-0.25, -0.2) is 4.98 Å². The molecule has 0 radical (unpaired) electrons. The van der Waals surface area contributed by atoms with Crippen LogP contribution >= 0.6 is 0 Å². The largest absolute Gasteiger partial charge is 0.394 e. The molecule has 0 spiro atoms. The number of fused-ring (bicyclic) bond motifs is 3. The van der Waals surface area contributed by atoms with Crippen LogP contribution in [0, 0.1) is 11.8 Å². The van der Waals surface area contributed by atoms with Crippen LogP contribution in [-0.4, -0.2) is 45.6 Å². The van der Waals surface area contributed by atoms with Crippen molar-refractivity contribution < 1.29 is 14.7 Å². The number of hydrogen-bond acceptors (Lipinski definition) is 4. The average Bonchev–Trinajstić information content (AvgIpc) is 3.12. The molecule has 0 saturated heterocycles. The Morgan fingerprint density at radius 2 is 1.83 bits per heavy atom. The van der Waals surface area contributed by atoms with Gasteiger partial charge in [-0.15, -0.1) is 0 Å². The summed E-state index contributed by atoms with van der Waals surface area (Å²) in [5.41, 5.74) is 2.09. The lowest BCUT2D eigenvalue weighted by Crippen LogP contribution is -2.54. The Balaban J connectivity index is 1.81. The van der Waals surface area contributed by atoms with Gasteiger partial charge in [0, 0.05) is 16.3 Å². The summed E-state index contributed by atoms with van der Waals surface area (Å²) in [6.07, 6.45) is 2.47. The summed E-state index contributed by atoms with van der Waals surface area (Å²) in [6, 6.07) is 8.53. The van der Waals surface area contributed by atoms with Gasteiger partial charge in [0.25, 0.3) is 5.91 Å². The molecule has 0 aliphatic heterocycles. The van der Waals surface area contributed by atoms with Crippen molar-refractivity contribution >= 4 is 33.6 Å². The molecule has 3 atom stereocenters. The van der Waals surface area contributed by atoms with Crippen molar-refractivity contribution in [1.29, 1.82) is 0 Å². The molecule has 0 aliphatic rings. The van der Waals surface area contributed by atoms with Crippen molar-refractivity contribution in [3.05, 3.63) is 42.2 Å². The van der Waals surface area contributed by atoms with Gasteiger partial charge >= 0.3 is 0 Å². The van der Waals surface area contributed by atoms with Crippen LogP contribution in [0.5, 0.6) is 0 Å². The predicted molar refractivity (Wildman–Crippen MR) is 118 cm³/mol. The lowest BCUT2D eigenvalue weighted by Gasteiger charge is -2.27. The van der Waals surface area contributed by atoms with Crippen molar-refractivity contribution in [2.45, 2.75) is 46.2 Å². The monoisotopic (exact) mass is 410 g/mol. The van der Waals surface area contributed by atoms with Crippen LogP contribution in [0.2, 0.25) is 0 Å². The third-order valence-corrected chi connectivity index (χ3v) is 5.71. The van der Waals surface area contributed by atoms with E-state index in [2.05, 4.69) is 20.6 Å². The van der Waals surface area contributed by atoms with Gasteiger partial charge in [-0.3, -0.25) is 9.59 Å². The maximum atomic E-state index is 12.9. The molecule has 0 aliphatic carbocycles. The number of nitrogens with one attached hydrogen (secondary N) is 3. The maximum Gasteiger partial charge on any atom is 0.270 e. The van der Waals surface area contributed by atoms with E-state index in [1.807, 2.05) is 52.0 Å². The number of H-pyrrole nitrogens is 1. The minimum absolute atomic E-state index is 0.123. The SMILES string of the molecule is CCC(C)C(CO)NC(=O)C(NC(=O)c1cc2c(cn1)[nH]c1ccccc12)C(C)C. The molecule has 7 heteroatoms. The first-order valence-corrected chi connectivity index (χ1v) is 10.4. The van der Waals surface area contributed by atoms with Gasteiger partial charge in [-0.05, 0) is 24.0 Å². The molecule has 0 bridgehead atoms. The van der Waals surface area contributed by atoms with Gasteiger partial charge in [0.2, 0.25) is 5.91 Å². The Hall–Kier alpha value is -2.93. The maximum absolute atomic E-state index is 12.9. The summed E-state index contributed by atoms with van der Waals surface area (Å²) in [4.78, 5) is 33.3. The molecule has 3 rings (SSSR count). The highest BCUT2D eigenvalue weighted by atomic mass is 16.3. The first-order chi connectivity index (χ1) is 14.3. The second kappa shape index (κ2) is 9.26. The van der Waals surface area contributed by atoms with Crippen molar-refractivity contribution in [3.8, 4) is 0 Å². The van der Waals surface area contributed by atoms with E-state index in [0.29, 0.717) is 0 Å². The molecule has 1 aromatic carbocycles. The minimum atomic E-state index is -0.726. The first kappa shape index (κ1) is 21.8. The summed E-state index contributed by atoms with van der Waals surface area (Å²) in [5, 5.41) is 17.2. The van der Waals surface area contributed by atoms with Gasteiger partial charge in [-0.2, -0.15) is 0 Å². The fourth-order valence-corrected chi connectivity index (χ4v) is 3.55. The molecule has 0 fully saturated rings. The van der Waals surface area contributed by atoms with Crippen LogP contribution in [0.4, 0.5) is 0 Å². The average molecular weight is 411 g/mol. The van der Waals surface area contributed by atoms with Gasteiger partial charge in [0.15, 0.2) is 0 Å². The van der Waals surface area contributed by atoms with E-state index < -0.39 is 11.9 Å². The fourth-order valence-electron chi connectivity index (χ4n) is 3.55. The third-order valence-electron chi connectivity index (χ3n) is 5.71. The fraction of sp³-hybridized carbons (Fsp3) is 0.435. The number of rotatable bonds is 8. The number of amides is 2. The summed E-state index contributed by atoms with van der Waals surface area (Å²) in [7, 11) is 0. The highest BCUT2D eigenvalue weighted by molar-refractivity contribution is 6.09. The van der Waals surface area contributed by atoms with E-state index in [0.717, 1.165) is 28.2 Å². The molecule has 2 aromatic heterocycles. The van der Waals surface area contributed by atoms with Crippen molar-refractivity contribution in [2.24, 2.45) is 11.8 Å². The molecule has 30 heavy (non-hydrogen) atoms. The number of carbonyl (C=O) groups excluding carboxylic acids is 2. The Morgan fingerprint density at radius 1 is 1.10 bits per heavy atom. The topological polar surface area (TPSA) is 107 Å². The summed E-state index contributed by atoms with van der Waals surface area (Å²) >= 11 is 0. The van der Waals surface area contributed by atoms with E-state index in [-0.39, 0.29) is 36.1 Å². The van der Waals surface area contributed by atoms with Crippen LogP contribution < -0.4 is 10.6 Å². The quantitative estimate of drug-likeness (QED) is 0.458. The number of para-hydroxylation sites is 1. The molecule has 160 valence electrons. The van der Waals surface area contributed by atoms with Gasteiger partial charge < -0.3 is 20.7 Å². The van der Waals surface area contributed by atoms with E-state index in [1.165, 1.54) is 0 Å². The Morgan fingerprint density at radius 3 is 2.50 bits per heavy atom. The Labute approximate surface area is 176 Å². The van der Waals surface area contributed by atoms with Crippen molar-refractivity contribution in [3.63, 3.8) is 0 Å². The van der Waals surface area contributed by atoms with Gasteiger partial charge in [-0.1, -0.05) is 52.3 Å². The molecule has 2 amide bonds. The molecule has 3 unspecified atom stereocenters. The van der Waals surface area contributed by atoms with Gasteiger partial charge in [0.05, 0.1) is 24.4 Å². The first-order valence-electron chi connectivity index (χ1n) is 10.4. The number of carbonyl (C=O) groups is 2. The number of aliphatic hydroxyl groups is 1. The standard InChI is InChI=1S/C23H30N4O3/c1-5-14(4)20(12-28)26-23(30)21(13(2)3)27-22(29)18-10-16-15-8-6-7-9-17(15)25-19(16)11-24-18/h6-11,13-14,20-21,25,28H,5,12H2,1-4H3,(H,26,30)(H,27,29). The Kier molecular flexibility index (Phi) is 6.72. The van der Waals surface area contributed by atoms with Gasteiger partial charge in [0.1, 0.15) is 11.7 Å². The zero-order chi connectivity index (χ0) is 21.8. The molecule has 7 nitrogen and oxygen atoms in total. The third kappa shape index (κ3) is 4.46. The van der Waals surface area contributed by atoms with E-state index >= 15 is 0 Å². The normalized spacial score (nSPS) is 14.6. The molecule has 0 saturated carbocycles. The minimum Gasteiger partial charge on any atom is -0.394 e. The second-order valence-electron chi connectivity index (χ2n) is 8.16. The van der Waals surface area contributed by atoms with Crippen LogP contribution in [0.1, 0.15) is 44.6 Å². The summed E-state index contributed by atoms with van der Waals surface area (Å²) in [5.74, 6) is -0.693. The van der Waals surface area contributed by atoms with E-state index in [9.17, 15) is 14.7 Å².